The molecule has 1 saturated heterocycles. The summed E-state index contributed by atoms with van der Waals surface area (Å²) < 4.78 is 5.83. The zero-order valence-corrected chi connectivity index (χ0v) is 14.6. The average molecular weight is 340 g/mol. The minimum absolute atomic E-state index is 0.0397. The van der Waals surface area contributed by atoms with E-state index in [0.717, 1.165) is 49.0 Å². The van der Waals surface area contributed by atoms with Gasteiger partial charge in [-0.15, -0.1) is 10.2 Å². The molecule has 1 aliphatic carbocycles. The van der Waals surface area contributed by atoms with E-state index in [4.69, 9.17) is 4.42 Å². The molecular weight excluding hydrogens is 316 g/mol. The lowest BCUT2D eigenvalue weighted by Gasteiger charge is -2.29. The Bertz CT molecular complexity index is 745. The maximum Gasteiger partial charge on any atom is 0.238 e. The van der Waals surface area contributed by atoms with Crippen LogP contribution in [-0.2, 0) is 4.79 Å². The Morgan fingerprint density at radius 3 is 2.48 bits per heavy atom. The summed E-state index contributed by atoms with van der Waals surface area (Å²) in [5.74, 6) is 2.47. The number of anilines is 1. The van der Waals surface area contributed by atoms with Crippen molar-refractivity contribution in [1.29, 1.82) is 0 Å². The number of nitrogens with zero attached hydrogens (tertiary/aromatic N) is 3. The highest BCUT2D eigenvalue weighted by Crippen LogP contribution is 2.40. The van der Waals surface area contributed by atoms with E-state index in [-0.39, 0.29) is 5.91 Å². The van der Waals surface area contributed by atoms with Crippen LogP contribution < -0.4 is 5.32 Å². The second-order valence-electron chi connectivity index (χ2n) is 7.22. The fraction of sp³-hybridized carbons (Fsp3) is 0.526. The monoisotopic (exact) mass is 340 g/mol. The van der Waals surface area contributed by atoms with Gasteiger partial charge in [0.1, 0.15) is 0 Å². The van der Waals surface area contributed by atoms with Crippen LogP contribution in [0.1, 0.15) is 54.9 Å². The minimum atomic E-state index is 0.0397. The molecule has 4 rings (SSSR count). The summed E-state index contributed by atoms with van der Waals surface area (Å²) in [5, 5.41) is 11.4. The lowest BCUT2D eigenvalue weighted by Crippen LogP contribution is -2.38. The van der Waals surface area contributed by atoms with Gasteiger partial charge in [0.15, 0.2) is 0 Å². The summed E-state index contributed by atoms with van der Waals surface area (Å²) in [6.07, 6.45) is 4.28. The van der Waals surface area contributed by atoms with Crippen LogP contribution in [0.4, 0.5) is 5.69 Å². The molecule has 0 radical (unpaired) electrons. The lowest BCUT2D eigenvalue weighted by atomic mass is 9.97. The third kappa shape index (κ3) is 4.07. The number of benzene rings is 1. The summed E-state index contributed by atoms with van der Waals surface area (Å²) in [4.78, 5) is 14.4. The van der Waals surface area contributed by atoms with E-state index in [1.165, 1.54) is 12.8 Å². The molecule has 1 aromatic heterocycles. The number of hydrogen-bond acceptors (Lipinski definition) is 5. The zero-order valence-electron chi connectivity index (χ0n) is 14.6. The van der Waals surface area contributed by atoms with Crippen LogP contribution in [-0.4, -0.2) is 40.6 Å². The van der Waals surface area contributed by atoms with Crippen LogP contribution in [0.15, 0.2) is 28.7 Å². The van der Waals surface area contributed by atoms with Crippen molar-refractivity contribution in [2.45, 2.75) is 44.4 Å². The minimum Gasteiger partial charge on any atom is -0.425 e. The third-order valence-electron chi connectivity index (χ3n) is 4.99. The number of amides is 1. The Labute approximate surface area is 147 Å². The molecule has 6 nitrogen and oxygen atoms in total. The predicted molar refractivity (Wildman–Crippen MR) is 94.5 cm³/mol. The number of hydrogen-bond donors (Lipinski definition) is 1. The molecule has 1 saturated carbocycles. The Kier molecular flexibility index (Phi) is 4.53. The first kappa shape index (κ1) is 16.3. The van der Waals surface area contributed by atoms with E-state index >= 15 is 0 Å². The van der Waals surface area contributed by atoms with Crippen LogP contribution in [0.5, 0.6) is 0 Å². The van der Waals surface area contributed by atoms with Crippen LogP contribution in [0.2, 0.25) is 0 Å². The topological polar surface area (TPSA) is 71.3 Å². The molecule has 25 heavy (non-hydrogen) atoms. The number of aryl methyl sites for hydroxylation is 1. The first-order chi connectivity index (χ1) is 12.2. The third-order valence-corrected chi connectivity index (χ3v) is 4.99. The fourth-order valence-corrected chi connectivity index (χ4v) is 3.37. The molecule has 2 aromatic rings. The van der Waals surface area contributed by atoms with Crippen LogP contribution in [0.25, 0.3) is 0 Å². The van der Waals surface area contributed by atoms with E-state index in [0.29, 0.717) is 18.4 Å². The molecule has 132 valence electrons. The van der Waals surface area contributed by atoms with Gasteiger partial charge in [0.25, 0.3) is 0 Å². The summed E-state index contributed by atoms with van der Waals surface area (Å²) in [5.41, 5.74) is 2.00. The van der Waals surface area contributed by atoms with Crippen molar-refractivity contribution in [2.75, 3.05) is 25.0 Å². The maximum absolute atomic E-state index is 12.2. The van der Waals surface area contributed by atoms with Crippen molar-refractivity contribution in [3.8, 4) is 0 Å². The predicted octanol–water partition coefficient (Wildman–Crippen LogP) is 3.07. The summed E-state index contributed by atoms with van der Waals surface area (Å²) in [7, 11) is 0. The summed E-state index contributed by atoms with van der Waals surface area (Å²) in [6, 6.07) is 7.88. The Balaban J connectivity index is 1.26. The van der Waals surface area contributed by atoms with Gasteiger partial charge in [-0.1, -0.05) is 12.1 Å². The van der Waals surface area contributed by atoms with E-state index in [2.05, 4.69) is 20.4 Å². The van der Waals surface area contributed by atoms with Crippen molar-refractivity contribution in [2.24, 2.45) is 0 Å². The Morgan fingerprint density at radius 1 is 1.16 bits per heavy atom. The van der Waals surface area contributed by atoms with Crippen molar-refractivity contribution in [1.82, 2.24) is 15.1 Å². The Hall–Kier alpha value is -2.21. The lowest BCUT2D eigenvalue weighted by molar-refractivity contribution is -0.117. The maximum atomic E-state index is 12.2. The second kappa shape index (κ2) is 6.96. The zero-order chi connectivity index (χ0) is 17.2. The molecule has 0 bridgehead atoms. The van der Waals surface area contributed by atoms with E-state index < -0.39 is 0 Å². The molecule has 0 unspecified atom stereocenters. The molecule has 1 N–H and O–H groups in total. The van der Waals surface area contributed by atoms with Crippen LogP contribution in [0.3, 0.4) is 0 Å². The SMILES string of the molecule is Cc1cccc(NC(=O)CN2CCC(c3nnc(C4CC4)o3)CC2)c1. The molecule has 0 atom stereocenters. The highest BCUT2D eigenvalue weighted by atomic mass is 16.4. The molecule has 1 aliphatic heterocycles. The smallest absolute Gasteiger partial charge is 0.238 e. The number of carbonyl (C=O) groups is 1. The Morgan fingerprint density at radius 2 is 1.84 bits per heavy atom. The van der Waals surface area contributed by atoms with Crippen molar-refractivity contribution < 1.29 is 9.21 Å². The molecule has 0 spiro atoms. The first-order valence-corrected chi connectivity index (χ1v) is 9.09. The summed E-state index contributed by atoms with van der Waals surface area (Å²) in [6.45, 7) is 4.21. The van der Waals surface area contributed by atoms with Crippen LogP contribution in [0, 0.1) is 6.92 Å². The first-order valence-electron chi connectivity index (χ1n) is 9.09. The average Bonchev–Trinajstić information content (AvgIpc) is 3.33. The van der Waals surface area contributed by atoms with Gasteiger partial charge in [0.05, 0.1) is 6.54 Å². The number of likely N-dealkylation sites (tertiary alicyclic amines) is 1. The van der Waals surface area contributed by atoms with Gasteiger partial charge in [-0.3, -0.25) is 9.69 Å². The highest BCUT2D eigenvalue weighted by Gasteiger charge is 2.31. The van der Waals surface area contributed by atoms with Gasteiger partial charge in [0, 0.05) is 17.5 Å². The van der Waals surface area contributed by atoms with E-state index in [9.17, 15) is 4.79 Å². The normalized spacial score (nSPS) is 19.1. The molecule has 1 aromatic carbocycles. The van der Waals surface area contributed by atoms with Gasteiger partial charge in [-0.2, -0.15) is 0 Å². The van der Waals surface area contributed by atoms with E-state index in [1.807, 2.05) is 31.2 Å². The van der Waals surface area contributed by atoms with Gasteiger partial charge >= 0.3 is 0 Å². The molecular formula is C19H24N4O2. The number of aromatic nitrogens is 2. The second-order valence-corrected chi connectivity index (χ2v) is 7.22. The van der Waals surface area contributed by atoms with Gasteiger partial charge in [-0.25, -0.2) is 0 Å². The highest BCUT2D eigenvalue weighted by molar-refractivity contribution is 5.92. The fourth-order valence-electron chi connectivity index (χ4n) is 3.37. The van der Waals surface area contributed by atoms with E-state index in [1.54, 1.807) is 0 Å². The molecule has 2 fully saturated rings. The number of carbonyl (C=O) groups excluding carboxylic acids is 1. The van der Waals surface area contributed by atoms with Gasteiger partial charge < -0.3 is 9.73 Å². The number of piperidine rings is 1. The molecule has 2 aliphatic rings. The molecule has 2 heterocycles. The molecule has 1 amide bonds. The number of nitrogens with one attached hydrogen (secondary N) is 1. The quantitative estimate of drug-likeness (QED) is 0.906. The van der Waals surface area contributed by atoms with Crippen molar-refractivity contribution in [3.63, 3.8) is 0 Å². The van der Waals surface area contributed by atoms with Gasteiger partial charge in [-0.05, 0) is 63.4 Å². The van der Waals surface area contributed by atoms with Crippen molar-refractivity contribution >= 4 is 11.6 Å². The summed E-state index contributed by atoms with van der Waals surface area (Å²) >= 11 is 0. The largest absolute Gasteiger partial charge is 0.425 e. The standard InChI is InChI=1S/C19H24N4O2/c1-13-3-2-4-16(11-13)20-17(24)12-23-9-7-15(8-10-23)19-22-21-18(25-19)14-5-6-14/h2-4,11,14-15H,5-10,12H2,1H3,(H,20,24). The van der Waals surface area contributed by atoms with Gasteiger partial charge in [0.2, 0.25) is 17.7 Å². The van der Waals surface area contributed by atoms with Crippen molar-refractivity contribution in [3.05, 3.63) is 41.6 Å². The number of rotatable bonds is 5. The molecule has 6 heteroatoms. The van der Waals surface area contributed by atoms with Crippen LogP contribution >= 0.6 is 0 Å².